The van der Waals surface area contributed by atoms with Gasteiger partial charge in [0.2, 0.25) is 5.91 Å². The molecule has 0 aliphatic carbocycles. The Balaban J connectivity index is 1.73. The van der Waals surface area contributed by atoms with Gasteiger partial charge in [-0.2, -0.15) is 0 Å². The molecule has 0 fully saturated rings. The number of halogens is 1. The number of nitrogens with zero attached hydrogens (tertiary/aromatic N) is 3. The molecule has 35 heavy (non-hydrogen) atoms. The predicted molar refractivity (Wildman–Crippen MR) is 133 cm³/mol. The third kappa shape index (κ3) is 6.33. The molecular formula is C25H28FN5O3S. The van der Waals surface area contributed by atoms with Crippen molar-refractivity contribution < 1.29 is 18.8 Å². The number of thioether (sulfide) groups is 1. The fourth-order valence-corrected chi connectivity index (χ4v) is 4.50. The number of amides is 2. The molecule has 3 aromatic rings. The van der Waals surface area contributed by atoms with Crippen molar-refractivity contribution in [2.24, 2.45) is 0 Å². The Morgan fingerprint density at radius 3 is 2.49 bits per heavy atom. The van der Waals surface area contributed by atoms with Crippen molar-refractivity contribution in [2.75, 3.05) is 5.32 Å². The van der Waals surface area contributed by atoms with Crippen molar-refractivity contribution in [3.63, 3.8) is 0 Å². The fourth-order valence-electron chi connectivity index (χ4n) is 3.48. The summed E-state index contributed by atoms with van der Waals surface area (Å²) >= 11 is 1.27. The number of hydrogen-bond acceptors (Lipinski definition) is 6. The van der Waals surface area contributed by atoms with E-state index in [1.54, 1.807) is 37.3 Å². The summed E-state index contributed by atoms with van der Waals surface area (Å²) in [5.41, 5.74) is 1.02. The van der Waals surface area contributed by atoms with Gasteiger partial charge in [0, 0.05) is 17.8 Å². The van der Waals surface area contributed by atoms with Crippen molar-refractivity contribution in [1.82, 2.24) is 20.1 Å². The molecule has 0 saturated heterocycles. The minimum absolute atomic E-state index is 0.0481. The predicted octanol–water partition coefficient (Wildman–Crippen LogP) is 4.64. The SMILES string of the molecule is CC[C@H](Sc1nnc([C@H](C)NC(=O)c2ccccc2F)n1CC)C(=O)Nc1cccc(C(C)=O)c1. The number of rotatable bonds is 10. The Hall–Kier alpha value is -3.53. The first-order valence-electron chi connectivity index (χ1n) is 11.3. The van der Waals surface area contributed by atoms with E-state index >= 15 is 0 Å². The number of nitrogens with one attached hydrogen (secondary N) is 2. The lowest BCUT2D eigenvalue weighted by Gasteiger charge is -2.17. The van der Waals surface area contributed by atoms with E-state index in [4.69, 9.17) is 0 Å². The lowest BCUT2D eigenvalue weighted by molar-refractivity contribution is -0.115. The summed E-state index contributed by atoms with van der Waals surface area (Å²) in [6.07, 6.45) is 0.536. The van der Waals surface area contributed by atoms with Gasteiger partial charge >= 0.3 is 0 Å². The molecule has 2 N–H and O–H groups in total. The summed E-state index contributed by atoms with van der Waals surface area (Å²) in [6.45, 7) is 7.55. The summed E-state index contributed by atoms with van der Waals surface area (Å²) < 4.78 is 15.8. The summed E-state index contributed by atoms with van der Waals surface area (Å²) in [6, 6.07) is 12.0. The first kappa shape index (κ1) is 26.1. The van der Waals surface area contributed by atoms with Crippen LogP contribution in [0, 0.1) is 5.82 Å². The second-order valence-corrected chi connectivity index (χ2v) is 9.07. The summed E-state index contributed by atoms with van der Waals surface area (Å²) in [5, 5.41) is 14.2. The number of carbonyl (C=O) groups is 3. The fraction of sp³-hybridized carbons (Fsp3) is 0.320. The standard InChI is InChI=1S/C25H28FN5O3S/c1-5-21(24(34)28-18-11-9-10-17(14-18)16(4)32)35-25-30-29-22(31(25)6-2)15(3)27-23(33)19-12-7-8-13-20(19)26/h7-15,21H,5-6H2,1-4H3,(H,27,33)(H,28,34)/t15-,21-/m0/s1. The van der Waals surface area contributed by atoms with Crippen molar-refractivity contribution in [1.29, 1.82) is 0 Å². The third-order valence-corrected chi connectivity index (χ3v) is 6.71. The number of benzene rings is 2. The van der Waals surface area contributed by atoms with Crippen LogP contribution >= 0.6 is 11.8 Å². The van der Waals surface area contributed by atoms with E-state index in [2.05, 4.69) is 20.8 Å². The molecule has 3 rings (SSSR count). The van der Waals surface area contributed by atoms with Gasteiger partial charge in [0.15, 0.2) is 16.8 Å². The number of ketones is 1. The highest BCUT2D eigenvalue weighted by molar-refractivity contribution is 8.00. The second kappa shape index (κ2) is 11.7. The van der Waals surface area contributed by atoms with Gasteiger partial charge in [-0.05, 0) is 51.5 Å². The number of carbonyl (C=O) groups excluding carboxylic acids is 3. The van der Waals surface area contributed by atoms with Crippen LogP contribution in [0.3, 0.4) is 0 Å². The van der Waals surface area contributed by atoms with Crippen LogP contribution in [0.5, 0.6) is 0 Å². The molecule has 1 heterocycles. The highest BCUT2D eigenvalue weighted by Crippen LogP contribution is 2.27. The zero-order chi connectivity index (χ0) is 25.5. The van der Waals surface area contributed by atoms with E-state index < -0.39 is 23.0 Å². The molecule has 0 aliphatic heterocycles. The monoisotopic (exact) mass is 497 g/mol. The van der Waals surface area contributed by atoms with Crippen LogP contribution in [0.2, 0.25) is 0 Å². The molecule has 2 atom stereocenters. The smallest absolute Gasteiger partial charge is 0.254 e. The zero-order valence-corrected chi connectivity index (χ0v) is 20.9. The minimum atomic E-state index is -0.601. The van der Waals surface area contributed by atoms with Gasteiger partial charge in [-0.1, -0.05) is 43.0 Å². The van der Waals surface area contributed by atoms with Crippen LogP contribution in [-0.4, -0.2) is 37.6 Å². The quantitative estimate of drug-likeness (QED) is 0.312. The molecule has 2 aromatic carbocycles. The van der Waals surface area contributed by atoms with Gasteiger partial charge in [0.1, 0.15) is 5.82 Å². The molecule has 0 spiro atoms. The molecule has 8 nitrogen and oxygen atoms in total. The highest BCUT2D eigenvalue weighted by Gasteiger charge is 2.25. The molecule has 184 valence electrons. The number of anilines is 1. The maximum Gasteiger partial charge on any atom is 0.254 e. The molecular weight excluding hydrogens is 469 g/mol. The maximum atomic E-state index is 14.0. The van der Waals surface area contributed by atoms with Gasteiger partial charge < -0.3 is 15.2 Å². The molecule has 0 saturated carbocycles. The number of hydrogen-bond donors (Lipinski definition) is 2. The third-order valence-electron chi connectivity index (χ3n) is 5.36. The van der Waals surface area contributed by atoms with E-state index in [0.29, 0.717) is 35.2 Å². The van der Waals surface area contributed by atoms with Gasteiger partial charge in [-0.3, -0.25) is 14.4 Å². The minimum Gasteiger partial charge on any atom is -0.342 e. The van der Waals surface area contributed by atoms with Crippen molar-refractivity contribution in [3.05, 3.63) is 71.3 Å². The second-order valence-electron chi connectivity index (χ2n) is 7.90. The lowest BCUT2D eigenvalue weighted by Crippen LogP contribution is -2.29. The zero-order valence-electron chi connectivity index (χ0n) is 20.0. The Kier molecular flexibility index (Phi) is 8.75. The largest absolute Gasteiger partial charge is 0.342 e. The van der Waals surface area contributed by atoms with E-state index in [-0.39, 0.29) is 17.3 Å². The Morgan fingerprint density at radius 2 is 1.83 bits per heavy atom. The van der Waals surface area contributed by atoms with Gasteiger partial charge in [-0.25, -0.2) is 4.39 Å². The van der Waals surface area contributed by atoms with Crippen LogP contribution in [0.1, 0.15) is 66.7 Å². The molecule has 10 heteroatoms. The van der Waals surface area contributed by atoms with Crippen LogP contribution in [0.4, 0.5) is 10.1 Å². The van der Waals surface area contributed by atoms with Crippen molar-refractivity contribution in [2.45, 2.75) is 57.1 Å². The van der Waals surface area contributed by atoms with E-state index in [1.807, 2.05) is 18.4 Å². The molecule has 2 amide bonds. The first-order valence-corrected chi connectivity index (χ1v) is 12.2. The molecule has 0 radical (unpaired) electrons. The normalized spacial score (nSPS) is 12.6. The Labute approximate surface area is 207 Å². The summed E-state index contributed by atoms with van der Waals surface area (Å²) in [4.78, 5) is 37.1. The van der Waals surface area contributed by atoms with Crippen LogP contribution in [0.25, 0.3) is 0 Å². The molecule has 0 bridgehead atoms. The molecule has 0 aliphatic rings. The van der Waals surface area contributed by atoms with Gasteiger partial charge in [0.05, 0.1) is 16.9 Å². The van der Waals surface area contributed by atoms with E-state index in [0.717, 1.165) is 0 Å². The first-order chi connectivity index (χ1) is 16.7. The Bertz CT molecular complexity index is 1230. The van der Waals surface area contributed by atoms with E-state index in [1.165, 1.54) is 36.9 Å². The van der Waals surface area contributed by atoms with Crippen molar-refractivity contribution in [3.8, 4) is 0 Å². The van der Waals surface area contributed by atoms with Crippen LogP contribution in [-0.2, 0) is 11.3 Å². The van der Waals surface area contributed by atoms with E-state index in [9.17, 15) is 18.8 Å². The lowest BCUT2D eigenvalue weighted by atomic mass is 10.1. The van der Waals surface area contributed by atoms with Crippen molar-refractivity contribution >= 4 is 35.0 Å². The average molecular weight is 498 g/mol. The number of Topliss-reactive ketones (excluding diaryl/α,β-unsaturated/α-hetero) is 1. The van der Waals surface area contributed by atoms with Crippen LogP contribution < -0.4 is 10.6 Å². The van der Waals surface area contributed by atoms with Crippen LogP contribution in [0.15, 0.2) is 53.7 Å². The topological polar surface area (TPSA) is 106 Å². The van der Waals surface area contributed by atoms with Gasteiger partial charge in [-0.15, -0.1) is 10.2 Å². The molecule has 1 aromatic heterocycles. The maximum absolute atomic E-state index is 14.0. The molecule has 0 unspecified atom stereocenters. The Morgan fingerprint density at radius 1 is 1.09 bits per heavy atom. The van der Waals surface area contributed by atoms with Gasteiger partial charge in [0.25, 0.3) is 5.91 Å². The number of aromatic nitrogens is 3. The summed E-state index contributed by atoms with van der Waals surface area (Å²) in [7, 11) is 0. The average Bonchev–Trinajstić information content (AvgIpc) is 3.25. The highest BCUT2D eigenvalue weighted by atomic mass is 32.2. The summed E-state index contributed by atoms with van der Waals surface area (Å²) in [5.74, 6) is -0.942.